The van der Waals surface area contributed by atoms with Crippen LogP contribution in [0.5, 0.6) is 0 Å². The number of likely N-dealkylation sites (tertiary alicyclic amines) is 1. The SMILES string of the molecule is CCC1=N[C@]2(CC[C@H]3CN(CC(C)C)C[C@H]32)C(=O)N1CC1CC1. The quantitative estimate of drug-likeness (QED) is 0.782. The summed E-state index contributed by atoms with van der Waals surface area (Å²) in [6.45, 7) is 11.1. The van der Waals surface area contributed by atoms with Crippen molar-refractivity contribution in [3.8, 4) is 0 Å². The zero-order chi connectivity index (χ0) is 16.2. The Morgan fingerprint density at radius 1 is 1.26 bits per heavy atom. The van der Waals surface area contributed by atoms with Gasteiger partial charge >= 0.3 is 0 Å². The molecule has 1 amide bonds. The van der Waals surface area contributed by atoms with Crippen LogP contribution in [-0.2, 0) is 4.79 Å². The molecule has 1 saturated heterocycles. The van der Waals surface area contributed by atoms with E-state index in [9.17, 15) is 4.79 Å². The van der Waals surface area contributed by atoms with E-state index in [0.717, 1.165) is 44.2 Å². The van der Waals surface area contributed by atoms with Crippen molar-refractivity contribution in [3.63, 3.8) is 0 Å². The van der Waals surface area contributed by atoms with E-state index >= 15 is 0 Å². The minimum atomic E-state index is -0.392. The molecule has 4 nitrogen and oxygen atoms in total. The van der Waals surface area contributed by atoms with Gasteiger partial charge in [0, 0.05) is 38.5 Å². The molecule has 3 fully saturated rings. The number of nitrogens with zero attached hydrogens (tertiary/aromatic N) is 3. The summed E-state index contributed by atoms with van der Waals surface area (Å²) in [5, 5.41) is 0. The highest BCUT2D eigenvalue weighted by molar-refractivity contribution is 6.08. The van der Waals surface area contributed by atoms with Gasteiger partial charge in [-0.1, -0.05) is 20.8 Å². The molecule has 0 aromatic rings. The molecule has 3 atom stereocenters. The average molecular weight is 317 g/mol. The summed E-state index contributed by atoms with van der Waals surface area (Å²) in [5.74, 6) is 4.00. The van der Waals surface area contributed by atoms with E-state index in [2.05, 4.69) is 30.6 Å². The number of amides is 1. The number of fused-ring (bicyclic) bond motifs is 2. The maximum atomic E-state index is 13.3. The Balaban J connectivity index is 1.55. The van der Waals surface area contributed by atoms with E-state index in [1.807, 2.05) is 0 Å². The molecule has 0 radical (unpaired) electrons. The Hall–Kier alpha value is -0.900. The highest BCUT2D eigenvalue weighted by Gasteiger charge is 2.61. The van der Waals surface area contributed by atoms with Gasteiger partial charge in [0.25, 0.3) is 5.91 Å². The largest absolute Gasteiger partial charge is 0.302 e. The van der Waals surface area contributed by atoms with Crippen molar-refractivity contribution in [2.45, 2.75) is 58.4 Å². The molecule has 4 rings (SSSR count). The fourth-order valence-corrected chi connectivity index (χ4v) is 5.16. The smallest absolute Gasteiger partial charge is 0.256 e. The topological polar surface area (TPSA) is 35.9 Å². The number of hydrogen-bond acceptors (Lipinski definition) is 3. The molecule has 2 saturated carbocycles. The Labute approximate surface area is 140 Å². The molecule has 23 heavy (non-hydrogen) atoms. The fourth-order valence-electron chi connectivity index (χ4n) is 5.16. The fraction of sp³-hybridized carbons (Fsp3) is 0.895. The first-order valence-electron chi connectivity index (χ1n) is 9.66. The van der Waals surface area contributed by atoms with Crippen molar-refractivity contribution in [1.29, 1.82) is 0 Å². The van der Waals surface area contributed by atoms with Gasteiger partial charge in [-0.15, -0.1) is 0 Å². The second-order valence-electron chi connectivity index (χ2n) is 8.68. The third-order valence-corrected chi connectivity index (χ3v) is 6.36. The van der Waals surface area contributed by atoms with E-state index in [4.69, 9.17) is 4.99 Å². The van der Waals surface area contributed by atoms with E-state index in [-0.39, 0.29) is 0 Å². The third-order valence-electron chi connectivity index (χ3n) is 6.36. The lowest BCUT2D eigenvalue weighted by molar-refractivity contribution is -0.132. The summed E-state index contributed by atoms with van der Waals surface area (Å²) in [6.07, 6.45) is 5.65. The number of amidine groups is 1. The minimum Gasteiger partial charge on any atom is -0.302 e. The Morgan fingerprint density at radius 3 is 2.70 bits per heavy atom. The second kappa shape index (κ2) is 5.58. The molecule has 0 aromatic heterocycles. The van der Waals surface area contributed by atoms with Crippen LogP contribution in [0.1, 0.15) is 52.9 Å². The molecule has 2 aliphatic carbocycles. The number of carbonyl (C=O) groups is 1. The highest BCUT2D eigenvalue weighted by Crippen LogP contribution is 2.51. The normalized spacial score (nSPS) is 37.3. The molecular formula is C19H31N3O. The molecule has 2 aliphatic heterocycles. The Kier molecular flexibility index (Phi) is 3.79. The van der Waals surface area contributed by atoms with Crippen molar-refractivity contribution in [3.05, 3.63) is 0 Å². The number of rotatable bonds is 5. The summed E-state index contributed by atoms with van der Waals surface area (Å²) in [7, 11) is 0. The van der Waals surface area contributed by atoms with Crippen LogP contribution in [-0.4, -0.2) is 53.3 Å². The number of hydrogen-bond donors (Lipinski definition) is 0. The summed E-state index contributed by atoms with van der Waals surface area (Å²) in [4.78, 5) is 23.1. The first-order valence-corrected chi connectivity index (χ1v) is 9.66. The van der Waals surface area contributed by atoms with E-state index in [1.54, 1.807) is 0 Å². The first-order chi connectivity index (χ1) is 11.0. The van der Waals surface area contributed by atoms with Gasteiger partial charge in [0.15, 0.2) is 0 Å². The molecule has 0 N–H and O–H groups in total. The van der Waals surface area contributed by atoms with Crippen LogP contribution < -0.4 is 0 Å². The third kappa shape index (κ3) is 2.54. The van der Waals surface area contributed by atoms with Gasteiger partial charge in [0.2, 0.25) is 0 Å². The summed E-state index contributed by atoms with van der Waals surface area (Å²) >= 11 is 0. The van der Waals surface area contributed by atoms with E-state index < -0.39 is 5.54 Å². The van der Waals surface area contributed by atoms with Gasteiger partial charge in [-0.05, 0) is 43.4 Å². The van der Waals surface area contributed by atoms with Crippen LogP contribution in [0.15, 0.2) is 4.99 Å². The van der Waals surface area contributed by atoms with Gasteiger partial charge in [-0.2, -0.15) is 0 Å². The number of aliphatic imine (C=N–C) groups is 1. The maximum absolute atomic E-state index is 13.3. The monoisotopic (exact) mass is 317 g/mol. The van der Waals surface area contributed by atoms with Gasteiger partial charge < -0.3 is 4.90 Å². The molecule has 4 aliphatic rings. The van der Waals surface area contributed by atoms with Crippen LogP contribution in [0.4, 0.5) is 0 Å². The van der Waals surface area contributed by atoms with Crippen LogP contribution in [0.25, 0.3) is 0 Å². The van der Waals surface area contributed by atoms with Crippen molar-refractivity contribution in [2.24, 2.45) is 28.7 Å². The van der Waals surface area contributed by atoms with E-state index in [1.165, 1.54) is 25.8 Å². The zero-order valence-electron chi connectivity index (χ0n) is 14.9. The minimum absolute atomic E-state index is 0.347. The lowest BCUT2D eigenvalue weighted by Gasteiger charge is -2.28. The zero-order valence-corrected chi connectivity index (χ0v) is 14.9. The second-order valence-corrected chi connectivity index (χ2v) is 8.68. The summed E-state index contributed by atoms with van der Waals surface area (Å²) < 4.78 is 0. The van der Waals surface area contributed by atoms with Crippen molar-refractivity contribution in [2.75, 3.05) is 26.2 Å². The van der Waals surface area contributed by atoms with Gasteiger partial charge in [-0.25, -0.2) is 0 Å². The van der Waals surface area contributed by atoms with Crippen molar-refractivity contribution in [1.82, 2.24) is 9.80 Å². The van der Waals surface area contributed by atoms with Crippen LogP contribution >= 0.6 is 0 Å². The highest BCUT2D eigenvalue weighted by atomic mass is 16.2. The molecule has 2 heterocycles. The predicted octanol–water partition coefficient (Wildman–Crippen LogP) is 2.78. The van der Waals surface area contributed by atoms with Crippen molar-refractivity contribution >= 4 is 11.7 Å². The van der Waals surface area contributed by atoms with Gasteiger partial charge in [0.05, 0.1) is 0 Å². The van der Waals surface area contributed by atoms with Crippen LogP contribution in [0.3, 0.4) is 0 Å². The number of carbonyl (C=O) groups excluding carboxylic acids is 1. The van der Waals surface area contributed by atoms with Crippen LogP contribution in [0, 0.1) is 23.7 Å². The molecule has 0 bridgehead atoms. The summed E-state index contributed by atoms with van der Waals surface area (Å²) in [6, 6.07) is 0. The van der Waals surface area contributed by atoms with E-state index in [0.29, 0.717) is 23.7 Å². The lowest BCUT2D eigenvalue weighted by atomic mass is 9.85. The molecule has 0 aromatic carbocycles. The molecule has 128 valence electrons. The molecule has 0 unspecified atom stereocenters. The van der Waals surface area contributed by atoms with Gasteiger partial charge in [-0.3, -0.25) is 14.7 Å². The molecule has 4 heteroatoms. The first kappa shape index (κ1) is 15.6. The lowest BCUT2D eigenvalue weighted by Crippen LogP contribution is -2.47. The maximum Gasteiger partial charge on any atom is 0.256 e. The molecular weight excluding hydrogens is 286 g/mol. The predicted molar refractivity (Wildman–Crippen MR) is 92.4 cm³/mol. The van der Waals surface area contributed by atoms with Crippen molar-refractivity contribution < 1.29 is 4.79 Å². The Bertz CT molecular complexity index is 525. The average Bonchev–Trinajstić information content (AvgIpc) is 3.05. The van der Waals surface area contributed by atoms with Gasteiger partial charge in [0.1, 0.15) is 11.4 Å². The Morgan fingerprint density at radius 2 is 2.04 bits per heavy atom. The summed E-state index contributed by atoms with van der Waals surface area (Å²) in [5.41, 5.74) is -0.392. The standard InChI is InChI=1S/C19H31N3O/c1-4-17-20-19(18(23)22(17)10-14-5-6-14)8-7-15-11-21(9-13(2)3)12-16(15)19/h13-16H,4-12H2,1-3H3/t15-,16+,19-/m0/s1. The molecule has 1 spiro atoms. The van der Waals surface area contributed by atoms with Crippen LogP contribution in [0.2, 0.25) is 0 Å².